The monoisotopic (exact) mass is 329 g/mol. The smallest absolute Gasteiger partial charge is 0.338 e. The van der Waals surface area contributed by atoms with Crippen molar-refractivity contribution in [3.8, 4) is 0 Å². The largest absolute Gasteiger partial charge is 0.478 e. The third-order valence-corrected chi connectivity index (χ3v) is 4.00. The topological polar surface area (TPSA) is 84.2 Å². The van der Waals surface area contributed by atoms with Crippen molar-refractivity contribution in [3.63, 3.8) is 0 Å². The van der Waals surface area contributed by atoms with E-state index in [4.69, 9.17) is 5.11 Å². The predicted octanol–water partition coefficient (Wildman–Crippen LogP) is 2.97. The maximum Gasteiger partial charge on any atom is 0.338 e. The first-order chi connectivity index (χ1) is 11.4. The fourth-order valence-corrected chi connectivity index (χ4v) is 2.46. The fourth-order valence-electron chi connectivity index (χ4n) is 2.46. The molecule has 0 aliphatic rings. The van der Waals surface area contributed by atoms with Gasteiger partial charge in [-0.2, -0.15) is 5.10 Å². The Balaban J connectivity index is 2.00. The Morgan fingerprint density at radius 3 is 2.46 bits per heavy atom. The van der Waals surface area contributed by atoms with Gasteiger partial charge in [0.2, 0.25) is 5.91 Å². The van der Waals surface area contributed by atoms with Crippen LogP contribution in [0.1, 0.15) is 60.8 Å². The lowest BCUT2D eigenvalue weighted by Gasteiger charge is -2.18. The fraction of sp³-hybridized carbons (Fsp3) is 0.389. The van der Waals surface area contributed by atoms with Gasteiger partial charge in [0.15, 0.2) is 0 Å². The third-order valence-electron chi connectivity index (χ3n) is 4.00. The summed E-state index contributed by atoms with van der Waals surface area (Å²) in [6, 6.07) is 7.49. The van der Waals surface area contributed by atoms with E-state index in [9.17, 15) is 9.59 Å². The predicted molar refractivity (Wildman–Crippen MR) is 90.9 cm³/mol. The minimum Gasteiger partial charge on any atom is -0.478 e. The summed E-state index contributed by atoms with van der Waals surface area (Å²) in [4.78, 5) is 23.2. The number of aryl methyl sites for hydroxylation is 1. The molecular weight excluding hydrogens is 306 g/mol. The minimum absolute atomic E-state index is 0.0641. The van der Waals surface area contributed by atoms with E-state index in [2.05, 4.69) is 29.5 Å². The Bertz CT molecular complexity index is 707. The number of hydrogen-bond donors (Lipinski definition) is 2. The van der Waals surface area contributed by atoms with Crippen LogP contribution in [-0.2, 0) is 11.2 Å². The number of hydrogen-bond acceptors (Lipinski definition) is 3. The van der Waals surface area contributed by atoms with Crippen LogP contribution < -0.4 is 5.32 Å². The number of carboxylic acids is 1. The van der Waals surface area contributed by atoms with E-state index >= 15 is 0 Å². The van der Waals surface area contributed by atoms with Gasteiger partial charge in [0.1, 0.15) is 6.04 Å². The van der Waals surface area contributed by atoms with Crippen molar-refractivity contribution in [3.05, 3.63) is 53.3 Å². The van der Waals surface area contributed by atoms with Crippen LogP contribution in [-0.4, -0.2) is 26.8 Å². The number of nitrogens with zero attached hydrogens (tertiary/aromatic N) is 2. The summed E-state index contributed by atoms with van der Waals surface area (Å²) in [6.07, 6.45) is 4.74. The van der Waals surface area contributed by atoms with Crippen LogP contribution >= 0.6 is 0 Å². The van der Waals surface area contributed by atoms with Gasteiger partial charge >= 0.3 is 5.97 Å². The molecule has 128 valence electrons. The van der Waals surface area contributed by atoms with E-state index in [0.29, 0.717) is 0 Å². The van der Waals surface area contributed by atoms with Crippen LogP contribution in [0.4, 0.5) is 0 Å². The highest BCUT2D eigenvalue weighted by Gasteiger charge is 2.19. The number of nitrogens with one attached hydrogen (secondary N) is 1. The quantitative estimate of drug-likeness (QED) is 0.818. The lowest BCUT2D eigenvalue weighted by atomic mass is 10.0. The molecule has 0 saturated heterocycles. The van der Waals surface area contributed by atoms with Gasteiger partial charge in [-0.1, -0.05) is 37.6 Å². The second kappa shape index (κ2) is 7.77. The van der Waals surface area contributed by atoms with E-state index in [1.165, 1.54) is 22.6 Å². The van der Waals surface area contributed by atoms with E-state index in [1.807, 2.05) is 19.1 Å². The van der Waals surface area contributed by atoms with Gasteiger partial charge in [0, 0.05) is 6.20 Å². The number of carbonyl (C=O) groups excluding carboxylic acids is 1. The molecule has 1 amide bonds. The molecule has 2 rings (SSSR count). The summed E-state index contributed by atoms with van der Waals surface area (Å²) in [5, 5.41) is 15.8. The van der Waals surface area contributed by atoms with Crippen molar-refractivity contribution in [2.45, 2.75) is 45.7 Å². The average Bonchev–Trinajstić information content (AvgIpc) is 3.05. The normalized spacial score (nSPS) is 13.3. The number of rotatable bonds is 7. The molecular formula is C18H23N3O3. The minimum atomic E-state index is -1.06. The molecule has 0 aliphatic carbocycles. The zero-order valence-corrected chi connectivity index (χ0v) is 14.2. The van der Waals surface area contributed by atoms with Crippen molar-refractivity contribution in [1.29, 1.82) is 0 Å². The molecule has 2 unspecified atom stereocenters. The van der Waals surface area contributed by atoms with Crippen LogP contribution in [0.15, 0.2) is 36.7 Å². The molecule has 0 radical (unpaired) electrons. The summed E-state index contributed by atoms with van der Waals surface area (Å²) in [7, 11) is 0. The van der Waals surface area contributed by atoms with Crippen molar-refractivity contribution < 1.29 is 14.7 Å². The first kappa shape index (κ1) is 17.7. The van der Waals surface area contributed by atoms with Crippen LogP contribution in [0.25, 0.3) is 0 Å². The Hall–Kier alpha value is -2.63. The molecule has 24 heavy (non-hydrogen) atoms. The van der Waals surface area contributed by atoms with Crippen LogP contribution in [0.2, 0.25) is 0 Å². The molecule has 0 bridgehead atoms. The van der Waals surface area contributed by atoms with Crippen molar-refractivity contribution >= 4 is 11.9 Å². The number of aromatic carboxylic acids is 1. The van der Waals surface area contributed by atoms with Gasteiger partial charge in [0.25, 0.3) is 0 Å². The molecule has 0 fully saturated rings. The molecule has 6 heteroatoms. The molecule has 1 aromatic carbocycles. The number of carbonyl (C=O) groups is 2. The SMILES string of the molecule is CCCc1ccc(C(C)NC(=O)C(C)n2cc(C(=O)O)cn2)cc1. The maximum absolute atomic E-state index is 12.4. The highest BCUT2D eigenvalue weighted by Crippen LogP contribution is 2.16. The van der Waals surface area contributed by atoms with Crippen molar-refractivity contribution in [2.75, 3.05) is 0 Å². The van der Waals surface area contributed by atoms with Gasteiger partial charge in [-0.3, -0.25) is 9.48 Å². The van der Waals surface area contributed by atoms with Gasteiger partial charge in [-0.05, 0) is 31.4 Å². The van der Waals surface area contributed by atoms with Gasteiger partial charge in [-0.25, -0.2) is 4.79 Å². The van der Waals surface area contributed by atoms with Crippen molar-refractivity contribution in [1.82, 2.24) is 15.1 Å². The molecule has 1 heterocycles. The molecule has 2 N–H and O–H groups in total. The molecule has 0 saturated carbocycles. The van der Waals surface area contributed by atoms with E-state index in [0.717, 1.165) is 18.4 Å². The van der Waals surface area contributed by atoms with Crippen LogP contribution in [0.5, 0.6) is 0 Å². The highest BCUT2D eigenvalue weighted by atomic mass is 16.4. The second-order valence-corrected chi connectivity index (χ2v) is 5.91. The van der Waals surface area contributed by atoms with Crippen LogP contribution in [0, 0.1) is 0 Å². The first-order valence-corrected chi connectivity index (χ1v) is 8.09. The molecule has 2 aromatic rings. The summed E-state index contributed by atoms with van der Waals surface area (Å²) in [5.41, 5.74) is 2.38. The standard InChI is InChI=1S/C18H23N3O3/c1-4-5-14-6-8-15(9-7-14)12(2)20-17(22)13(3)21-11-16(10-19-21)18(23)24/h6-13H,4-5H2,1-3H3,(H,20,22)(H,23,24). The van der Waals surface area contributed by atoms with E-state index in [1.54, 1.807) is 6.92 Å². The zero-order valence-electron chi connectivity index (χ0n) is 14.2. The Morgan fingerprint density at radius 2 is 1.92 bits per heavy atom. The Kier molecular flexibility index (Phi) is 5.73. The van der Waals surface area contributed by atoms with Crippen LogP contribution in [0.3, 0.4) is 0 Å². The maximum atomic E-state index is 12.4. The van der Waals surface area contributed by atoms with E-state index < -0.39 is 12.0 Å². The first-order valence-electron chi connectivity index (χ1n) is 8.09. The number of carboxylic acid groups (broad SMARTS) is 1. The summed E-state index contributed by atoms with van der Waals surface area (Å²) in [5.74, 6) is -1.27. The van der Waals surface area contributed by atoms with Gasteiger partial charge in [0.05, 0.1) is 17.8 Å². The molecule has 0 aliphatic heterocycles. The zero-order chi connectivity index (χ0) is 17.7. The summed E-state index contributed by atoms with van der Waals surface area (Å²) in [6.45, 7) is 5.75. The summed E-state index contributed by atoms with van der Waals surface area (Å²) < 4.78 is 1.36. The van der Waals surface area contributed by atoms with Gasteiger partial charge < -0.3 is 10.4 Å². The second-order valence-electron chi connectivity index (χ2n) is 5.91. The highest BCUT2D eigenvalue weighted by molar-refractivity contribution is 5.87. The number of benzene rings is 1. The summed E-state index contributed by atoms with van der Waals surface area (Å²) >= 11 is 0. The van der Waals surface area contributed by atoms with Gasteiger partial charge in [-0.15, -0.1) is 0 Å². The molecule has 6 nitrogen and oxygen atoms in total. The molecule has 2 atom stereocenters. The Labute approximate surface area is 141 Å². The van der Waals surface area contributed by atoms with E-state index in [-0.39, 0.29) is 17.5 Å². The number of amides is 1. The lowest BCUT2D eigenvalue weighted by molar-refractivity contribution is -0.124. The Morgan fingerprint density at radius 1 is 1.25 bits per heavy atom. The number of aromatic nitrogens is 2. The third kappa shape index (κ3) is 4.22. The lowest BCUT2D eigenvalue weighted by Crippen LogP contribution is -2.33. The average molecular weight is 329 g/mol. The molecule has 1 aromatic heterocycles. The molecule has 0 spiro atoms. The van der Waals surface area contributed by atoms with Crippen molar-refractivity contribution in [2.24, 2.45) is 0 Å².